The Morgan fingerprint density at radius 2 is 1.35 bits per heavy atom. The van der Waals surface area contributed by atoms with Crippen molar-refractivity contribution in [3.8, 4) is 16.9 Å². The molecule has 1 amide bonds. The summed E-state index contributed by atoms with van der Waals surface area (Å²) in [6, 6.07) is 37.3. The van der Waals surface area contributed by atoms with Crippen molar-refractivity contribution < 1.29 is 4.79 Å². The summed E-state index contributed by atoms with van der Waals surface area (Å²) in [5, 5.41) is 11.5. The van der Waals surface area contributed by atoms with E-state index in [0.29, 0.717) is 12.0 Å². The van der Waals surface area contributed by atoms with Crippen molar-refractivity contribution in [2.45, 2.75) is 12.5 Å². The van der Waals surface area contributed by atoms with Crippen molar-refractivity contribution in [3.05, 3.63) is 143 Å². The molecule has 2 heterocycles. The van der Waals surface area contributed by atoms with Crippen LogP contribution < -0.4 is 0 Å². The van der Waals surface area contributed by atoms with E-state index in [1.165, 1.54) is 0 Å². The summed E-state index contributed by atoms with van der Waals surface area (Å²) in [4.78, 5) is 13.8. The highest BCUT2D eigenvalue weighted by molar-refractivity contribution is 9.10. The number of hydrogen-bond donors (Lipinski definition) is 0. The van der Waals surface area contributed by atoms with Gasteiger partial charge in [-0.2, -0.15) is 10.2 Å². The van der Waals surface area contributed by atoms with E-state index in [4.69, 9.17) is 10.2 Å². The minimum Gasteiger partial charge on any atom is -0.267 e. The number of carbonyl (C=O) groups excluding carboxylic acids is 1. The van der Waals surface area contributed by atoms with Gasteiger partial charge in [0, 0.05) is 33.8 Å². The van der Waals surface area contributed by atoms with Crippen LogP contribution in [-0.4, -0.2) is 26.4 Å². The van der Waals surface area contributed by atoms with Crippen molar-refractivity contribution in [2.24, 2.45) is 5.10 Å². The average molecular weight is 547 g/mol. The highest BCUT2D eigenvalue weighted by Gasteiger charge is 2.36. The van der Waals surface area contributed by atoms with Crippen LogP contribution in [0.5, 0.6) is 0 Å². The quantitative estimate of drug-likeness (QED) is 0.232. The van der Waals surface area contributed by atoms with Gasteiger partial charge in [0.05, 0.1) is 23.1 Å². The van der Waals surface area contributed by atoms with E-state index in [1.807, 2.05) is 114 Å². The largest absolute Gasteiger partial charge is 0.274 e. The van der Waals surface area contributed by atoms with Gasteiger partial charge in [0.1, 0.15) is 0 Å². The summed E-state index contributed by atoms with van der Waals surface area (Å²) in [7, 11) is 0. The highest BCUT2D eigenvalue weighted by atomic mass is 79.9. The first-order valence-electron chi connectivity index (χ1n) is 12.1. The number of hydrogen-bond acceptors (Lipinski definition) is 3. The van der Waals surface area contributed by atoms with Crippen LogP contribution in [0.15, 0.2) is 131 Å². The summed E-state index contributed by atoms with van der Waals surface area (Å²) in [6.07, 6.45) is 2.63. The van der Waals surface area contributed by atoms with Crippen LogP contribution >= 0.6 is 15.9 Å². The van der Waals surface area contributed by atoms with Gasteiger partial charge in [-0.15, -0.1) is 0 Å². The van der Waals surface area contributed by atoms with Gasteiger partial charge in [0.25, 0.3) is 5.91 Å². The zero-order valence-electron chi connectivity index (χ0n) is 19.9. The molecule has 1 atom stereocenters. The molecule has 1 aliphatic rings. The molecule has 0 saturated carbocycles. The molecule has 0 unspecified atom stereocenters. The lowest BCUT2D eigenvalue weighted by atomic mass is 9.96. The molecule has 5 aromatic rings. The van der Waals surface area contributed by atoms with Crippen molar-refractivity contribution in [3.63, 3.8) is 0 Å². The van der Waals surface area contributed by atoms with Gasteiger partial charge < -0.3 is 0 Å². The molecule has 0 radical (unpaired) electrons. The maximum Gasteiger partial charge on any atom is 0.274 e. The number of halogens is 1. The molecule has 1 aliphatic heterocycles. The van der Waals surface area contributed by atoms with E-state index in [1.54, 1.807) is 5.01 Å². The third-order valence-corrected chi connectivity index (χ3v) is 7.01. The summed E-state index contributed by atoms with van der Waals surface area (Å²) < 4.78 is 2.81. The van der Waals surface area contributed by atoms with Gasteiger partial charge in [0.2, 0.25) is 0 Å². The fourth-order valence-electron chi connectivity index (χ4n) is 4.63. The maximum absolute atomic E-state index is 13.8. The Morgan fingerprint density at radius 1 is 0.757 bits per heavy atom. The molecule has 0 saturated heterocycles. The van der Waals surface area contributed by atoms with Gasteiger partial charge in [-0.3, -0.25) is 4.79 Å². The molecule has 37 heavy (non-hydrogen) atoms. The van der Waals surface area contributed by atoms with Gasteiger partial charge in [-0.25, -0.2) is 9.69 Å². The molecule has 1 aromatic heterocycles. The molecule has 6 heteroatoms. The van der Waals surface area contributed by atoms with E-state index >= 15 is 0 Å². The lowest BCUT2D eigenvalue weighted by Crippen LogP contribution is -2.27. The first-order valence-corrected chi connectivity index (χ1v) is 12.9. The Hall–Kier alpha value is -4.29. The van der Waals surface area contributed by atoms with Crippen LogP contribution in [0.4, 0.5) is 0 Å². The van der Waals surface area contributed by atoms with Crippen LogP contribution in [0.1, 0.15) is 33.9 Å². The predicted octanol–water partition coefficient (Wildman–Crippen LogP) is 7.29. The smallest absolute Gasteiger partial charge is 0.267 e. The molecule has 180 valence electrons. The summed E-state index contributed by atoms with van der Waals surface area (Å²) in [5.41, 5.74) is 6.22. The second-order valence-corrected chi connectivity index (χ2v) is 9.78. The lowest BCUT2D eigenvalue weighted by molar-refractivity contribution is 0.0711. The minimum atomic E-state index is -0.306. The van der Waals surface area contributed by atoms with Crippen molar-refractivity contribution >= 4 is 27.5 Å². The van der Waals surface area contributed by atoms with Crippen molar-refractivity contribution in [1.82, 2.24) is 14.8 Å². The SMILES string of the molecule is O=C(c1ccc(Br)cc1)N1N=C(c2ccccc2)C[C@@H]1c1cn(-c2ccccc2)nc1-c1ccccc1. The summed E-state index contributed by atoms with van der Waals surface area (Å²) >= 11 is 3.46. The molecule has 5 nitrogen and oxygen atoms in total. The van der Waals surface area contributed by atoms with Crippen molar-refractivity contribution in [2.75, 3.05) is 0 Å². The normalized spacial score (nSPS) is 15.0. The van der Waals surface area contributed by atoms with E-state index in [2.05, 4.69) is 28.1 Å². The fraction of sp³-hybridized carbons (Fsp3) is 0.0645. The van der Waals surface area contributed by atoms with E-state index < -0.39 is 0 Å². The van der Waals surface area contributed by atoms with Gasteiger partial charge in [-0.05, 0) is 42.0 Å². The highest BCUT2D eigenvalue weighted by Crippen LogP contribution is 2.39. The number of hydrazone groups is 1. The van der Waals surface area contributed by atoms with Gasteiger partial charge in [-0.1, -0.05) is 94.8 Å². The Morgan fingerprint density at radius 3 is 2.00 bits per heavy atom. The fourth-order valence-corrected chi connectivity index (χ4v) is 4.90. The van der Waals surface area contributed by atoms with E-state index in [-0.39, 0.29) is 11.9 Å². The molecule has 6 rings (SSSR count). The first kappa shape index (κ1) is 23.1. The number of aromatic nitrogens is 2. The number of rotatable bonds is 5. The van der Waals surface area contributed by atoms with Gasteiger partial charge in [0.15, 0.2) is 0 Å². The number of benzene rings is 4. The Bertz CT molecular complexity index is 1560. The first-order chi connectivity index (χ1) is 18.2. The monoisotopic (exact) mass is 546 g/mol. The molecule has 0 fully saturated rings. The summed E-state index contributed by atoms with van der Waals surface area (Å²) in [5.74, 6) is -0.144. The second-order valence-electron chi connectivity index (χ2n) is 8.87. The standard InChI is InChI=1S/C31H23BrN4O/c32-25-18-16-24(17-19-25)31(37)36-29(20-28(33-36)22-10-4-1-5-11-22)27-21-35(26-14-8-3-9-15-26)34-30(27)23-12-6-2-7-13-23/h1-19,21,29H,20H2/t29-/m1/s1. The summed E-state index contributed by atoms with van der Waals surface area (Å²) in [6.45, 7) is 0. The van der Waals surface area contributed by atoms with Crippen LogP contribution in [0.2, 0.25) is 0 Å². The molecule has 4 aromatic carbocycles. The number of amides is 1. The number of nitrogens with zero attached hydrogens (tertiary/aromatic N) is 4. The topological polar surface area (TPSA) is 50.5 Å². The third kappa shape index (κ3) is 4.63. The Kier molecular flexibility index (Phi) is 6.25. The van der Waals surface area contributed by atoms with Crippen LogP contribution in [0.25, 0.3) is 16.9 Å². The van der Waals surface area contributed by atoms with Crippen LogP contribution in [-0.2, 0) is 0 Å². The van der Waals surface area contributed by atoms with Crippen LogP contribution in [0.3, 0.4) is 0 Å². The van der Waals surface area contributed by atoms with Crippen LogP contribution in [0, 0.1) is 0 Å². The predicted molar refractivity (Wildman–Crippen MR) is 150 cm³/mol. The maximum atomic E-state index is 13.8. The van der Waals surface area contributed by atoms with E-state index in [9.17, 15) is 4.79 Å². The van der Waals surface area contributed by atoms with Gasteiger partial charge >= 0.3 is 0 Å². The van der Waals surface area contributed by atoms with Crippen molar-refractivity contribution in [1.29, 1.82) is 0 Å². The molecule has 0 N–H and O–H groups in total. The molecule has 0 aliphatic carbocycles. The number of para-hydroxylation sites is 1. The minimum absolute atomic E-state index is 0.144. The zero-order valence-corrected chi connectivity index (χ0v) is 21.5. The van der Waals surface area contributed by atoms with E-state index in [0.717, 1.165) is 38.3 Å². The molecule has 0 spiro atoms. The number of carbonyl (C=O) groups is 1. The molecular formula is C31H23BrN4O. The lowest BCUT2D eigenvalue weighted by Gasteiger charge is -2.22. The average Bonchev–Trinajstić information content (AvgIpc) is 3.60. The molecular weight excluding hydrogens is 524 g/mol. The second kappa shape index (κ2) is 9.99. The Balaban J connectivity index is 1.48. The Labute approximate surface area is 223 Å². The zero-order chi connectivity index (χ0) is 25.2. The molecule has 0 bridgehead atoms. The third-order valence-electron chi connectivity index (χ3n) is 6.49.